The van der Waals surface area contributed by atoms with Gasteiger partial charge in [-0.25, -0.2) is 8.42 Å². The summed E-state index contributed by atoms with van der Waals surface area (Å²) >= 11 is 10.9. The van der Waals surface area contributed by atoms with Crippen LogP contribution in [0.3, 0.4) is 0 Å². The highest BCUT2D eigenvalue weighted by atomic mass is 35.5. The van der Waals surface area contributed by atoms with Gasteiger partial charge in [0.2, 0.25) is 10.0 Å². The molecule has 0 amide bonds. The number of thiocarbonyl (C=S) groups is 1. The molecule has 5 nitrogen and oxygen atoms in total. The molecule has 1 heterocycles. The van der Waals surface area contributed by atoms with Gasteiger partial charge in [0.1, 0.15) is 4.99 Å². The number of nitrogens with two attached hydrogens (primary N) is 1. The summed E-state index contributed by atoms with van der Waals surface area (Å²) in [7, 11) is -3.61. The summed E-state index contributed by atoms with van der Waals surface area (Å²) in [5, 5.41) is 0.232. The lowest BCUT2D eigenvalue weighted by Crippen LogP contribution is -2.50. The first-order valence-corrected chi connectivity index (χ1v) is 8.59. The summed E-state index contributed by atoms with van der Waals surface area (Å²) in [5.41, 5.74) is 5.48. The molecule has 0 aromatic heterocycles. The summed E-state index contributed by atoms with van der Waals surface area (Å²) in [6.07, 6.45) is 0. The third-order valence-corrected chi connectivity index (χ3v) is 5.61. The lowest BCUT2D eigenvalue weighted by atomic mass is 10.1. The molecule has 1 aliphatic rings. The zero-order chi connectivity index (χ0) is 15.8. The Morgan fingerprint density at radius 2 is 2.14 bits per heavy atom. The van der Waals surface area contributed by atoms with Crippen molar-refractivity contribution in [3.63, 3.8) is 0 Å². The molecule has 0 saturated carbocycles. The molecule has 116 valence electrons. The minimum absolute atomic E-state index is 0.130. The van der Waals surface area contributed by atoms with Gasteiger partial charge in [-0.2, -0.15) is 4.31 Å². The predicted octanol–water partition coefficient (Wildman–Crippen LogP) is 1.77. The van der Waals surface area contributed by atoms with Gasteiger partial charge in [0.15, 0.2) is 0 Å². The van der Waals surface area contributed by atoms with Crippen LogP contribution in [-0.4, -0.2) is 43.0 Å². The van der Waals surface area contributed by atoms with E-state index in [0.29, 0.717) is 25.3 Å². The average Bonchev–Trinajstić information content (AvgIpc) is 2.36. The molecule has 1 saturated heterocycles. The van der Waals surface area contributed by atoms with Crippen molar-refractivity contribution in [1.82, 2.24) is 4.31 Å². The first kappa shape index (κ1) is 16.6. The molecular formula is C13H17ClN2O3S2. The number of morpholine rings is 1. The second-order valence-electron chi connectivity index (χ2n) is 5.45. The van der Waals surface area contributed by atoms with Crippen LogP contribution in [0.5, 0.6) is 0 Å². The van der Waals surface area contributed by atoms with E-state index in [1.165, 1.54) is 22.5 Å². The van der Waals surface area contributed by atoms with Gasteiger partial charge in [0.25, 0.3) is 0 Å². The molecule has 21 heavy (non-hydrogen) atoms. The van der Waals surface area contributed by atoms with Gasteiger partial charge in [-0.3, -0.25) is 0 Å². The van der Waals surface area contributed by atoms with Gasteiger partial charge < -0.3 is 10.5 Å². The van der Waals surface area contributed by atoms with Crippen molar-refractivity contribution < 1.29 is 13.2 Å². The minimum atomic E-state index is -3.61. The molecule has 0 aliphatic carbocycles. The van der Waals surface area contributed by atoms with Gasteiger partial charge >= 0.3 is 0 Å². The third-order valence-electron chi connectivity index (χ3n) is 3.23. The maximum atomic E-state index is 12.7. The largest absolute Gasteiger partial charge is 0.389 e. The Bertz CT molecular complexity index is 674. The van der Waals surface area contributed by atoms with Crippen molar-refractivity contribution in [2.45, 2.75) is 24.3 Å². The van der Waals surface area contributed by atoms with Crippen molar-refractivity contribution in [2.24, 2.45) is 5.73 Å². The van der Waals surface area contributed by atoms with Crippen molar-refractivity contribution >= 4 is 38.8 Å². The Morgan fingerprint density at radius 1 is 1.48 bits per heavy atom. The first-order chi connectivity index (χ1) is 9.63. The van der Waals surface area contributed by atoms with Crippen LogP contribution < -0.4 is 5.73 Å². The van der Waals surface area contributed by atoms with E-state index in [0.717, 1.165) is 0 Å². The Morgan fingerprint density at radius 3 is 2.67 bits per heavy atom. The fourth-order valence-corrected chi connectivity index (χ4v) is 4.37. The molecule has 0 bridgehead atoms. The molecule has 8 heteroatoms. The van der Waals surface area contributed by atoms with E-state index in [9.17, 15) is 8.42 Å². The van der Waals surface area contributed by atoms with Crippen molar-refractivity contribution in [3.05, 3.63) is 28.8 Å². The Balaban J connectivity index is 2.36. The number of sulfonamides is 1. The lowest BCUT2D eigenvalue weighted by molar-refractivity contribution is -0.0640. The molecule has 2 rings (SSSR count). The highest BCUT2D eigenvalue weighted by Crippen LogP contribution is 2.26. The smallest absolute Gasteiger partial charge is 0.243 e. The molecule has 2 N–H and O–H groups in total. The quantitative estimate of drug-likeness (QED) is 0.843. The summed E-state index contributed by atoms with van der Waals surface area (Å²) in [5.74, 6) is 0. The van der Waals surface area contributed by atoms with Gasteiger partial charge in [0.05, 0.1) is 22.1 Å². The van der Waals surface area contributed by atoms with E-state index in [2.05, 4.69) is 0 Å². The zero-order valence-electron chi connectivity index (χ0n) is 11.8. The molecule has 0 unspecified atom stereocenters. The summed E-state index contributed by atoms with van der Waals surface area (Å²) in [6, 6.07) is 4.38. The van der Waals surface area contributed by atoms with E-state index < -0.39 is 15.6 Å². The van der Waals surface area contributed by atoms with Crippen molar-refractivity contribution in [1.29, 1.82) is 0 Å². The standard InChI is InChI=1S/C13H17ClN2O3S2/c1-13(2)8-16(5-6-19-13)21(17,18)9-3-4-10(12(15)20)11(14)7-9/h3-4,7H,5-6,8H2,1-2H3,(H2,15,20). The van der Waals surface area contributed by atoms with Crippen LogP contribution in [0.1, 0.15) is 19.4 Å². The first-order valence-electron chi connectivity index (χ1n) is 6.37. The number of ether oxygens (including phenoxy) is 1. The number of rotatable bonds is 3. The van der Waals surface area contributed by atoms with Gasteiger partial charge in [-0.15, -0.1) is 0 Å². The van der Waals surface area contributed by atoms with E-state index in [-0.39, 0.29) is 14.9 Å². The number of hydrogen-bond donors (Lipinski definition) is 1. The number of nitrogens with zero attached hydrogens (tertiary/aromatic N) is 1. The van der Waals surface area contributed by atoms with E-state index >= 15 is 0 Å². The second kappa shape index (κ2) is 5.81. The lowest BCUT2D eigenvalue weighted by Gasteiger charge is -2.37. The fraction of sp³-hybridized carbons (Fsp3) is 0.462. The monoisotopic (exact) mass is 348 g/mol. The topological polar surface area (TPSA) is 72.6 Å². The van der Waals surface area contributed by atoms with Crippen LogP contribution >= 0.6 is 23.8 Å². The number of benzene rings is 1. The summed E-state index contributed by atoms with van der Waals surface area (Å²) < 4.78 is 32.3. The summed E-state index contributed by atoms with van der Waals surface area (Å²) in [4.78, 5) is 0.265. The molecule has 0 radical (unpaired) electrons. The molecular weight excluding hydrogens is 332 g/mol. The van der Waals surface area contributed by atoms with Gasteiger partial charge in [-0.1, -0.05) is 23.8 Å². The Kier molecular flexibility index (Phi) is 4.60. The second-order valence-corrected chi connectivity index (χ2v) is 8.24. The molecule has 0 spiro atoms. The number of halogens is 1. The Hall–Kier alpha value is -0.730. The molecule has 0 atom stereocenters. The molecule has 1 aliphatic heterocycles. The van der Waals surface area contributed by atoms with Crippen LogP contribution in [0.15, 0.2) is 23.1 Å². The molecule has 1 aromatic rings. The highest BCUT2D eigenvalue weighted by molar-refractivity contribution is 7.89. The molecule has 1 fully saturated rings. The third kappa shape index (κ3) is 3.54. The van der Waals surface area contributed by atoms with Crippen LogP contribution in [0.2, 0.25) is 5.02 Å². The zero-order valence-corrected chi connectivity index (χ0v) is 14.2. The minimum Gasteiger partial charge on any atom is -0.389 e. The van der Waals surface area contributed by atoms with Crippen LogP contribution in [-0.2, 0) is 14.8 Å². The van der Waals surface area contributed by atoms with Crippen LogP contribution in [0, 0.1) is 0 Å². The maximum absolute atomic E-state index is 12.7. The SMILES string of the molecule is CC1(C)CN(S(=O)(=O)c2ccc(C(N)=S)c(Cl)c2)CCO1. The van der Waals surface area contributed by atoms with Crippen LogP contribution in [0.4, 0.5) is 0 Å². The summed E-state index contributed by atoms with van der Waals surface area (Å²) in [6.45, 7) is 4.70. The fourth-order valence-electron chi connectivity index (χ4n) is 2.18. The van der Waals surface area contributed by atoms with Gasteiger partial charge in [0, 0.05) is 18.7 Å². The molecule has 1 aromatic carbocycles. The number of hydrogen-bond acceptors (Lipinski definition) is 4. The average molecular weight is 349 g/mol. The normalized spacial score (nSPS) is 19.4. The van der Waals surface area contributed by atoms with Crippen molar-refractivity contribution in [2.75, 3.05) is 19.7 Å². The van der Waals surface area contributed by atoms with Crippen molar-refractivity contribution in [3.8, 4) is 0 Å². The predicted molar refractivity (Wildman–Crippen MR) is 86.1 cm³/mol. The van der Waals surface area contributed by atoms with Gasteiger partial charge in [-0.05, 0) is 32.0 Å². The van der Waals surface area contributed by atoms with E-state index in [1.807, 2.05) is 13.8 Å². The van der Waals surface area contributed by atoms with Crippen LogP contribution in [0.25, 0.3) is 0 Å². The van der Waals surface area contributed by atoms with E-state index in [1.54, 1.807) is 0 Å². The van der Waals surface area contributed by atoms with E-state index in [4.69, 9.17) is 34.3 Å². The Labute approximate surface area is 135 Å². The maximum Gasteiger partial charge on any atom is 0.243 e. The highest BCUT2D eigenvalue weighted by Gasteiger charge is 2.35.